The highest BCUT2D eigenvalue weighted by Gasteiger charge is 2.43. The van der Waals surface area contributed by atoms with E-state index < -0.39 is 37.3 Å². The molecular weight excluding hydrogens is 252 g/mol. The molecule has 1 aromatic rings. The molecule has 0 aromatic heterocycles. The second-order valence-electron chi connectivity index (χ2n) is 4.49. The lowest BCUT2D eigenvalue weighted by molar-refractivity contribution is -0.304. The summed E-state index contributed by atoms with van der Waals surface area (Å²) < 4.78 is 10.6. The molecule has 1 aliphatic rings. The van der Waals surface area contributed by atoms with E-state index in [4.69, 9.17) is 14.6 Å². The monoisotopic (exact) mass is 270 g/mol. The van der Waals surface area contributed by atoms with Gasteiger partial charge in [-0.25, -0.2) is 0 Å². The van der Waals surface area contributed by atoms with Crippen molar-refractivity contribution in [3.8, 4) is 0 Å². The SMILES string of the molecule is OC[C@@H]1O[C@@H](OCc2ccccc2)[C@@H](O)[C@@H](O)[C@@H]1O. The smallest absolute Gasteiger partial charge is 0.187 e. The van der Waals surface area contributed by atoms with Crippen LogP contribution in [0.15, 0.2) is 30.3 Å². The van der Waals surface area contributed by atoms with E-state index in [0.29, 0.717) is 0 Å². The average Bonchev–Trinajstić information content (AvgIpc) is 2.45. The Bertz CT molecular complexity index is 382. The average molecular weight is 270 g/mol. The summed E-state index contributed by atoms with van der Waals surface area (Å²) >= 11 is 0. The lowest BCUT2D eigenvalue weighted by atomic mass is 9.99. The second kappa shape index (κ2) is 6.42. The van der Waals surface area contributed by atoms with Crippen molar-refractivity contribution in [1.29, 1.82) is 0 Å². The number of aliphatic hydroxyl groups is 4. The third kappa shape index (κ3) is 3.30. The van der Waals surface area contributed by atoms with Crippen molar-refractivity contribution in [2.45, 2.75) is 37.3 Å². The normalized spacial score (nSPS) is 35.3. The van der Waals surface area contributed by atoms with Crippen LogP contribution in [-0.4, -0.2) is 57.7 Å². The van der Waals surface area contributed by atoms with Crippen LogP contribution in [0.25, 0.3) is 0 Å². The molecule has 4 N–H and O–H groups in total. The maximum absolute atomic E-state index is 9.76. The van der Waals surface area contributed by atoms with Crippen molar-refractivity contribution in [2.24, 2.45) is 0 Å². The fourth-order valence-electron chi connectivity index (χ4n) is 1.96. The first-order valence-corrected chi connectivity index (χ1v) is 6.09. The molecule has 5 atom stereocenters. The Hall–Kier alpha value is -1.02. The van der Waals surface area contributed by atoms with Gasteiger partial charge in [0.25, 0.3) is 0 Å². The van der Waals surface area contributed by atoms with Gasteiger partial charge in [0.05, 0.1) is 13.2 Å². The molecule has 1 saturated heterocycles. The van der Waals surface area contributed by atoms with Crippen LogP contribution in [0.2, 0.25) is 0 Å². The molecule has 6 heteroatoms. The van der Waals surface area contributed by atoms with Crippen molar-refractivity contribution >= 4 is 0 Å². The summed E-state index contributed by atoms with van der Waals surface area (Å²) in [5.74, 6) is 0. The van der Waals surface area contributed by atoms with E-state index in [1.807, 2.05) is 30.3 Å². The number of aliphatic hydroxyl groups excluding tert-OH is 4. The molecule has 0 radical (unpaired) electrons. The van der Waals surface area contributed by atoms with Crippen molar-refractivity contribution in [1.82, 2.24) is 0 Å². The molecule has 19 heavy (non-hydrogen) atoms. The fourth-order valence-corrected chi connectivity index (χ4v) is 1.96. The highest BCUT2D eigenvalue weighted by molar-refractivity contribution is 5.13. The Morgan fingerprint density at radius 3 is 2.32 bits per heavy atom. The predicted octanol–water partition coefficient (Wildman–Crippen LogP) is -0.997. The first kappa shape index (κ1) is 14.4. The highest BCUT2D eigenvalue weighted by Crippen LogP contribution is 2.22. The summed E-state index contributed by atoms with van der Waals surface area (Å²) in [6.45, 7) is -0.264. The standard InChI is InChI=1S/C13H18O6/c14-6-9-10(15)11(16)12(17)13(19-9)18-7-8-4-2-1-3-5-8/h1-5,9-17H,6-7H2/t9-,10+,11-,12-,13+/m0/s1. The Kier molecular flexibility index (Phi) is 4.87. The summed E-state index contributed by atoms with van der Waals surface area (Å²) in [5, 5.41) is 38.0. The summed E-state index contributed by atoms with van der Waals surface area (Å²) in [6, 6.07) is 9.28. The lowest BCUT2D eigenvalue weighted by Crippen LogP contribution is -2.59. The Morgan fingerprint density at radius 1 is 1.00 bits per heavy atom. The third-order valence-electron chi connectivity index (χ3n) is 3.11. The number of hydrogen-bond acceptors (Lipinski definition) is 6. The number of ether oxygens (including phenoxy) is 2. The van der Waals surface area contributed by atoms with E-state index in [1.54, 1.807) is 0 Å². The molecule has 0 unspecified atom stereocenters. The van der Waals surface area contributed by atoms with Crippen LogP contribution < -0.4 is 0 Å². The minimum Gasteiger partial charge on any atom is -0.394 e. The van der Waals surface area contributed by atoms with E-state index >= 15 is 0 Å². The molecule has 1 heterocycles. The molecular formula is C13H18O6. The predicted molar refractivity (Wildman–Crippen MR) is 65.0 cm³/mol. The first-order chi connectivity index (χ1) is 9.13. The Morgan fingerprint density at radius 2 is 1.68 bits per heavy atom. The van der Waals surface area contributed by atoms with E-state index in [-0.39, 0.29) is 6.61 Å². The third-order valence-corrected chi connectivity index (χ3v) is 3.11. The summed E-state index contributed by atoms with van der Waals surface area (Å²) in [5.41, 5.74) is 0.888. The maximum Gasteiger partial charge on any atom is 0.187 e. The first-order valence-electron chi connectivity index (χ1n) is 6.09. The molecule has 0 amide bonds. The maximum atomic E-state index is 9.76. The van der Waals surface area contributed by atoms with Crippen molar-refractivity contribution < 1.29 is 29.9 Å². The van der Waals surface area contributed by atoms with Gasteiger partial charge in [0, 0.05) is 0 Å². The van der Waals surface area contributed by atoms with Crippen molar-refractivity contribution in [3.63, 3.8) is 0 Å². The molecule has 0 bridgehead atoms. The summed E-state index contributed by atoms with van der Waals surface area (Å²) in [6.07, 6.45) is -6.17. The van der Waals surface area contributed by atoms with Gasteiger partial charge >= 0.3 is 0 Å². The van der Waals surface area contributed by atoms with Gasteiger partial charge in [0.15, 0.2) is 6.29 Å². The molecule has 1 aliphatic heterocycles. The van der Waals surface area contributed by atoms with Crippen LogP contribution >= 0.6 is 0 Å². The summed E-state index contributed by atoms with van der Waals surface area (Å²) in [7, 11) is 0. The van der Waals surface area contributed by atoms with Gasteiger partial charge in [-0.05, 0) is 5.56 Å². The lowest BCUT2D eigenvalue weighted by Gasteiger charge is -2.39. The Labute approximate surface area is 110 Å². The largest absolute Gasteiger partial charge is 0.394 e. The highest BCUT2D eigenvalue weighted by atomic mass is 16.7. The van der Waals surface area contributed by atoms with Crippen LogP contribution in [-0.2, 0) is 16.1 Å². The number of rotatable bonds is 4. The zero-order chi connectivity index (χ0) is 13.8. The van der Waals surface area contributed by atoms with Gasteiger partial charge in [-0.3, -0.25) is 0 Å². The van der Waals surface area contributed by atoms with Crippen LogP contribution in [0.1, 0.15) is 5.56 Å². The van der Waals surface area contributed by atoms with Crippen LogP contribution in [0.3, 0.4) is 0 Å². The zero-order valence-corrected chi connectivity index (χ0v) is 10.3. The van der Waals surface area contributed by atoms with E-state index in [9.17, 15) is 15.3 Å². The topological polar surface area (TPSA) is 99.4 Å². The van der Waals surface area contributed by atoms with Gasteiger partial charge in [-0.2, -0.15) is 0 Å². The molecule has 6 nitrogen and oxygen atoms in total. The van der Waals surface area contributed by atoms with Crippen molar-refractivity contribution in [2.75, 3.05) is 6.61 Å². The summed E-state index contributed by atoms with van der Waals surface area (Å²) in [4.78, 5) is 0. The van der Waals surface area contributed by atoms with Crippen LogP contribution in [0.4, 0.5) is 0 Å². The molecule has 1 aromatic carbocycles. The molecule has 0 saturated carbocycles. The molecule has 106 valence electrons. The van der Waals surface area contributed by atoms with Gasteiger partial charge < -0.3 is 29.9 Å². The van der Waals surface area contributed by atoms with Gasteiger partial charge in [0.1, 0.15) is 24.4 Å². The second-order valence-corrected chi connectivity index (χ2v) is 4.49. The number of benzene rings is 1. The van der Waals surface area contributed by atoms with E-state index in [2.05, 4.69) is 0 Å². The minimum atomic E-state index is -1.41. The molecule has 1 fully saturated rings. The Balaban J connectivity index is 1.95. The fraction of sp³-hybridized carbons (Fsp3) is 0.538. The molecule has 0 spiro atoms. The van der Waals surface area contributed by atoms with E-state index in [0.717, 1.165) is 5.56 Å². The molecule has 0 aliphatic carbocycles. The quantitative estimate of drug-likeness (QED) is 0.560. The van der Waals surface area contributed by atoms with E-state index in [1.165, 1.54) is 0 Å². The van der Waals surface area contributed by atoms with Crippen LogP contribution in [0.5, 0.6) is 0 Å². The molecule has 2 rings (SSSR count). The van der Waals surface area contributed by atoms with Gasteiger partial charge in [-0.15, -0.1) is 0 Å². The van der Waals surface area contributed by atoms with Gasteiger partial charge in [0.2, 0.25) is 0 Å². The minimum absolute atomic E-state index is 0.198. The van der Waals surface area contributed by atoms with Crippen LogP contribution in [0, 0.1) is 0 Å². The number of hydrogen-bond donors (Lipinski definition) is 4. The zero-order valence-electron chi connectivity index (χ0n) is 10.3. The van der Waals surface area contributed by atoms with Gasteiger partial charge in [-0.1, -0.05) is 30.3 Å². The van der Waals surface area contributed by atoms with Crippen molar-refractivity contribution in [3.05, 3.63) is 35.9 Å².